The number of fused-ring (bicyclic) bond motifs is 2. The normalized spacial score (nSPS) is 22.9. The Labute approximate surface area is 276 Å². The summed E-state index contributed by atoms with van der Waals surface area (Å²) in [7, 11) is 8.93. The number of hydrogen-bond acceptors (Lipinski definition) is 8. The maximum Gasteiger partial charge on any atom is 0.204 e. The summed E-state index contributed by atoms with van der Waals surface area (Å²) in [4.78, 5) is 2.38. The Morgan fingerprint density at radius 1 is 0.783 bits per heavy atom. The number of benzene rings is 3. The first-order valence-corrected chi connectivity index (χ1v) is 16.2. The molecular weight excluding hydrogens is 604 g/mol. The maximum atomic E-state index is 7.05. The SMILES string of the molecule is COc1ccc2cc1Oc1ccc(cc1)C[C@H]1C3=C(CCN1Cl)CC(OC)C(=C3)Oc1c(OC)c(OC)cc3c1[C@@H](C2)N(C)CC3. The lowest BCUT2D eigenvalue weighted by molar-refractivity contribution is 0.0921. The molecule has 6 bridgehead atoms. The van der Waals surface area contributed by atoms with Gasteiger partial charge in [0.15, 0.2) is 23.0 Å². The molecule has 0 aromatic heterocycles. The molecule has 8 nitrogen and oxygen atoms in total. The van der Waals surface area contributed by atoms with Gasteiger partial charge in [0.1, 0.15) is 17.6 Å². The van der Waals surface area contributed by atoms with Crippen molar-refractivity contribution in [3.8, 4) is 34.5 Å². The average Bonchev–Trinajstić information content (AvgIpc) is 3.07. The van der Waals surface area contributed by atoms with Gasteiger partial charge in [-0.3, -0.25) is 4.90 Å². The van der Waals surface area contributed by atoms with E-state index in [2.05, 4.69) is 48.4 Å². The van der Waals surface area contributed by atoms with Crippen molar-refractivity contribution in [2.75, 3.05) is 48.6 Å². The lowest BCUT2D eigenvalue weighted by Gasteiger charge is -2.39. The molecule has 0 saturated heterocycles. The minimum atomic E-state index is -0.237. The van der Waals surface area contributed by atoms with Gasteiger partial charge in [-0.2, -0.15) is 0 Å². The van der Waals surface area contributed by atoms with E-state index in [9.17, 15) is 0 Å². The summed E-state index contributed by atoms with van der Waals surface area (Å²) < 4.78 is 39.1. The van der Waals surface area contributed by atoms with Crippen LogP contribution in [0.2, 0.25) is 0 Å². The standard InChI is InChI=1S/C37H41ClN2O6/c1-39-14-12-25-20-34(43-4)36(44-5)37-35(25)29(39)17-23-8-11-30(41-2)32(18-23)45-26-9-6-22(7-10-26)16-28-27-21-33(46-37)31(42-3)19-24(27)13-15-40(28)38/h6-11,18,20-21,28-29,31H,12-17,19H2,1-5H3/t28-,29+,31?/m0/s1. The highest BCUT2D eigenvalue weighted by Gasteiger charge is 2.37. The van der Waals surface area contributed by atoms with Gasteiger partial charge in [0.25, 0.3) is 0 Å². The summed E-state index contributed by atoms with van der Waals surface area (Å²) in [5.74, 6) is 4.74. The zero-order valence-corrected chi connectivity index (χ0v) is 27.9. The zero-order chi connectivity index (χ0) is 31.9. The van der Waals surface area contributed by atoms with Crippen molar-refractivity contribution in [3.63, 3.8) is 0 Å². The minimum Gasteiger partial charge on any atom is -0.493 e. The van der Waals surface area contributed by atoms with Crippen LogP contribution < -0.4 is 23.7 Å². The third-order valence-corrected chi connectivity index (χ3v) is 10.3. The van der Waals surface area contributed by atoms with Crippen molar-refractivity contribution in [2.24, 2.45) is 0 Å². The van der Waals surface area contributed by atoms with Gasteiger partial charge in [-0.05, 0) is 103 Å². The molecule has 8 rings (SSSR count). The van der Waals surface area contributed by atoms with E-state index in [1.165, 1.54) is 16.7 Å². The first kappa shape index (κ1) is 30.9. The molecule has 0 fully saturated rings. The molecule has 4 heterocycles. The van der Waals surface area contributed by atoms with E-state index < -0.39 is 0 Å². The molecule has 0 radical (unpaired) electrons. The third-order valence-electron chi connectivity index (χ3n) is 9.87. The first-order valence-electron chi connectivity index (χ1n) is 15.9. The maximum absolute atomic E-state index is 7.05. The van der Waals surface area contributed by atoms with Crippen molar-refractivity contribution in [1.82, 2.24) is 9.32 Å². The summed E-state index contributed by atoms with van der Waals surface area (Å²) in [6, 6.07) is 16.5. The fourth-order valence-corrected chi connectivity index (χ4v) is 7.62. The van der Waals surface area contributed by atoms with Crippen molar-refractivity contribution in [1.29, 1.82) is 0 Å². The van der Waals surface area contributed by atoms with E-state index in [1.54, 1.807) is 28.4 Å². The molecule has 1 unspecified atom stereocenters. The van der Waals surface area contributed by atoms with Gasteiger partial charge >= 0.3 is 0 Å². The lowest BCUT2D eigenvalue weighted by atomic mass is 9.83. The monoisotopic (exact) mass is 644 g/mol. The van der Waals surface area contributed by atoms with E-state index in [0.717, 1.165) is 73.4 Å². The van der Waals surface area contributed by atoms with E-state index in [4.69, 9.17) is 40.2 Å². The Balaban J connectivity index is 1.44. The molecule has 46 heavy (non-hydrogen) atoms. The highest BCUT2D eigenvalue weighted by Crippen LogP contribution is 2.50. The Morgan fingerprint density at radius 2 is 1.54 bits per heavy atom. The molecule has 9 heteroatoms. The van der Waals surface area contributed by atoms with Gasteiger partial charge in [-0.25, -0.2) is 4.42 Å². The van der Waals surface area contributed by atoms with Crippen LogP contribution in [-0.4, -0.2) is 70.0 Å². The summed E-state index contributed by atoms with van der Waals surface area (Å²) in [5, 5.41) is 0. The molecule has 3 aromatic rings. The fraction of sp³-hybridized carbons (Fsp3) is 0.405. The molecule has 242 valence electrons. The van der Waals surface area contributed by atoms with Crippen molar-refractivity contribution < 1.29 is 28.4 Å². The van der Waals surface area contributed by atoms with Crippen LogP contribution >= 0.6 is 11.8 Å². The second-order valence-corrected chi connectivity index (χ2v) is 12.9. The molecule has 3 atom stereocenters. The molecule has 0 amide bonds. The number of likely N-dealkylation sites (N-methyl/N-ethyl adjacent to an activating group) is 1. The average molecular weight is 645 g/mol. The number of ether oxygens (including phenoxy) is 6. The highest BCUT2D eigenvalue weighted by atomic mass is 35.5. The van der Waals surface area contributed by atoms with Crippen LogP contribution in [-0.2, 0) is 24.0 Å². The molecular formula is C37H41ClN2O6. The third kappa shape index (κ3) is 5.62. The molecule has 1 aliphatic carbocycles. The number of hydrogen-bond donors (Lipinski definition) is 0. The van der Waals surface area contributed by atoms with Crippen LogP contribution in [0.15, 0.2) is 71.5 Å². The van der Waals surface area contributed by atoms with Gasteiger partial charge in [-0.15, -0.1) is 0 Å². The summed E-state index contributed by atoms with van der Waals surface area (Å²) in [6.45, 7) is 1.67. The predicted molar refractivity (Wildman–Crippen MR) is 178 cm³/mol. The number of nitrogens with zero attached hydrogens (tertiary/aromatic N) is 2. The van der Waals surface area contributed by atoms with Gasteiger partial charge < -0.3 is 28.4 Å². The van der Waals surface area contributed by atoms with Crippen LogP contribution in [0.5, 0.6) is 34.5 Å². The number of rotatable bonds is 4. The quantitative estimate of drug-likeness (QED) is 0.281. The summed E-state index contributed by atoms with van der Waals surface area (Å²) in [6.07, 6.45) is 5.88. The van der Waals surface area contributed by atoms with E-state index in [-0.39, 0.29) is 18.2 Å². The van der Waals surface area contributed by atoms with Crippen LogP contribution in [0.3, 0.4) is 0 Å². The van der Waals surface area contributed by atoms with Crippen LogP contribution in [0.1, 0.15) is 41.1 Å². The van der Waals surface area contributed by atoms with Crippen LogP contribution in [0.4, 0.5) is 0 Å². The smallest absolute Gasteiger partial charge is 0.204 e. The number of methoxy groups -OCH3 is 4. The summed E-state index contributed by atoms with van der Waals surface area (Å²) >= 11 is 6.94. The van der Waals surface area contributed by atoms with Gasteiger partial charge in [0.05, 0.1) is 27.4 Å². The van der Waals surface area contributed by atoms with Crippen molar-refractivity contribution >= 4 is 11.8 Å². The Kier molecular flexibility index (Phi) is 8.63. The number of halogens is 1. The molecule has 0 saturated carbocycles. The Bertz CT molecular complexity index is 1690. The van der Waals surface area contributed by atoms with Crippen LogP contribution in [0, 0.1) is 0 Å². The van der Waals surface area contributed by atoms with E-state index in [0.29, 0.717) is 28.7 Å². The molecule has 3 aromatic carbocycles. The van der Waals surface area contributed by atoms with E-state index >= 15 is 0 Å². The fourth-order valence-electron chi connectivity index (χ4n) is 7.36. The zero-order valence-electron chi connectivity index (χ0n) is 27.1. The topological polar surface area (TPSA) is 61.9 Å². The Morgan fingerprint density at radius 3 is 2.28 bits per heavy atom. The molecule has 4 aliphatic heterocycles. The molecule has 5 aliphatic rings. The summed E-state index contributed by atoms with van der Waals surface area (Å²) in [5.41, 5.74) is 7.11. The molecule has 0 N–H and O–H groups in total. The predicted octanol–water partition coefficient (Wildman–Crippen LogP) is 7.04. The van der Waals surface area contributed by atoms with Gasteiger partial charge in [0, 0.05) is 38.2 Å². The van der Waals surface area contributed by atoms with Crippen LogP contribution in [0.25, 0.3) is 0 Å². The van der Waals surface area contributed by atoms with E-state index in [1.807, 2.05) is 22.6 Å². The van der Waals surface area contributed by atoms with Gasteiger partial charge in [0.2, 0.25) is 5.75 Å². The Hall–Kier alpha value is -3.69. The molecule has 0 spiro atoms. The highest BCUT2D eigenvalue weighted by molar-refractivity contribution is 6.13. The van der Waals surface area contributed by atoms with Crippen molar-refractivity contribution in [3.05, 3.63) is 93.8 Å². The lowest BCUT2D eigenvalue weighted by Crippen LogP contribution is -2.39. The second kappa shape index (κ2) is 12.8. The first-order chi connectivity index (χ1) is 22.4. The largest absolute Gasteiger partial charge is 0.493 e. The minimum absolute atomic E-state index is 0.00121. The van der Waals surface area contributed by atoms with Gasteiger partial charge in [-0.1, -0.05) is 23.8 Å². The second-order valence-electron chi connectivity index (χ2n) is 12.4. The van der Waals surface area contributed by atoms with Crippen molar-refractivity contribution in [2.45, 2.75) is 50.3 Å².